The van der Waals surface area contributed by atoms with Gasteiger partial charge in [-0.25, -0.2) is 0 Å². The Balaban J connectivity index is 2.23. The molecular formula is C10H22NO4PS. The van der Waals surface area contributed by atoms with Crippen molar-refractivity contribution in [2.75, 3.05) is 18.6 Å². The Morgan fingerprint density at radius 3 is 2.71 bits per heavy atom. The van der Waals surface area contributed by atoms with E-state index in [9.17, 15) is 8.42 Å². The molecule has 1 saturated carbocycles. The third kappa shape index (κ3) is 6.67. The summed E-state index contributed by atoms with van der Waals surface area (Å²) in [4.78, 5) is 0. The van der Waals surface area contributed by atoms with Gasteiger partial charge in [0, 0.05) is 6.04 Å². The van der Waals surface area contributed by atoms with Crippen LogP contribution >= 0.6 is 9.24 Å². The fourth-order valence-corrected chi connectivity index (χ4v) is 2.95. The Labute approximate surface area is 106 Å². The van der Waals surface area contributed by atoms with Crippen LogP contribution < -0.4 is 5.32 Å². The monoisotopic (exact) mass is 283 g/mol. The largest absolute Gasteiger partial charge is 0.373 e. The Hall–Kier alpha value is 0.260. The fraction of sp³-hybridized carbons (Fsp3) is 1.00. The van der Waals surface area contributed by atoms with Gasteiger partial charge in [0.15, 0.2) is 0 Å². The summed E-state index contributed by atoms with van der Waals surface area (Å²) in [7, 11) is -1.27. The summed E-state index contributed by atoms with van der Waals surface area (Å²) in [6, 6.07) is 0.311. The van der Waals surface area contributed by atoms with Gasteiger partial charge in [-0.3, -0.25) is 4.55 Å². The molecule has 0 radical (unpaired) electrons. The van der Waals surface area contributed by atoms with Crippen molar-refractivity contribution in [2.45, 2.75) is 44.2 Å². The van der Waals surface area contributed by atoms with E-state index in [1.54, 1.807) is 0 Å². The third-order valence-corrected chi connectivity index (χ3v) is 4.00. The van der Waals surface area contributed by atoms with E-state index in [4.69, 9.17) is 9.29 Å². The Kier molecular flexibility index (Phi) is 6.89. The molecule has 1 fully saturated rings. The lowest BCUT2D eigenvalue weighted by molar-refractivity contribution is 0.0325. The van der Waals surface area contributed by atoms with Gasteiger partial charge in [0.2, 0.25) is 0 Å². The first kappa shape index (κ1) is 15.3. The van der Waals surface area contributed by atoms with E-state index < -0.39 is 10.1 Å². The molecule has 0 aromatic carbocycles. The van der Waals surface area contributed by atoms with E-state index in [0.29, 0.717) is 25.4 Å². The lowest BCUT2D eigenvalue weighted by atomic mass is 9.92. The maximum absolute atomic E-state index is 10.5. The molecule has 17 heavy (non-hydrogen) atoms. The van der Waals surface area contributed by atoms with Crippen LogP contribution in [-0.4, -0.2) is 43.8 Å². The van der Waals surface area contributed by atoms with E-state index in [0.717, 1.165) is 12.8 Å². The van der Waals surface area contributed by atoms with Gasteiger partial charge < -0.3 is 10.1 Å². The van der Waals surface area contributed by atoms with Crippen LogP contribution in [-0.2, 0) is 14.9 Å². The molecule has 0 bridgehead atoms. The molecule has 0 aliphatic heterocycles. The number of ether oxygens (including phenoxy) is 1. The summed E-state index contributed by atoms with van der Waals surface area (Å²) in [5.41, 5.74) is 0. The first-order valence-corrected chi connectivity index (χ1v) is 8.45. The SMILES string of the molecule is O=S(=O)(O)CCCN[C@H]1CCCC[C@@H]1OCP. The van der Waals surface area contributed by atoms with Crippen molar-refractivity contribution >= 4 is 19.4 Å². The molecule has 0 heterocycles. The van der Waals surface area contributed by atoms with Crippen molar-refractivity contribution in [1.82, 2.24) is 5.32 Å². The summed E-state index contributed by atoms with van der Waals surface area (Å²) in [6.45, 7) is 0.598. The fourth-order valence-electron chi connectivity index (χ4n) is 2.20. The quantitative estimate of drug-likeness (QED) is 0.414. The van der Waals surface area contributed by atoms with Gasteiger partial charge in [-0.05, 0) is 25.8 Å². The number of nitrogens with one attached hydrogen (secondary N) is 1. The molecule has 1 rings (SSSR count). The Morgan fingerprint density at radius 2 is 2.06 bits per heavy atom. The summed E-state index contributed by atoms with van der Waals surface area (Å²) >= 11 is 0. The molecule has 0 saturated heterocycles. The van der Waals surface area contributed by atoms with E-state index in [1.165, 1.54) is 12.8 Å². The first-order chi connectivity index (χ1) is 8.03. The topological polar surface area (TPSA) is 75.6 Å². The van der Waals surface area contributed by atoms with Gasteiger partial charge in [-0.15, -0.1) is 9.24 Å². The van der Waals surface area contributed by atoms with Crippen molar-refractivity contribution in [3.8, 4) is 0 Å². The minimum atomic E-state index is -3.83. The highest BCUT2D eigenvalue weighted by Gasteiger charge is 2.24. The van der Waals surface area contributed by atoms with Crippen molar-refractivity contribution in [3.63, 3.8) is 0 Å². The van der Waals surface area contributed by atoms with Crippen LogP contribution in [0.1, 0.15) is 32.1 Å². The second-order valence-corrected chi connectivity index (χ2v) is 6.26. The maximum Gasteiger partial charge on any atom is 0.264 e. The predicted molar refractivity (Wildman–Crippen MR) is 70.7 cm³/mol. The van der Waals surface area contributed by atoms with E-state index in [-0.39, 0.29) is 11.9 Å². The standard InChI is InChI=1S/C10H22NO4PS/c12-17(13,14)7-3-6-11-9-4-1-2-5-10(9)15-8-16/h9-11H,1-8,16H2,(H,12,13,14)/t9-,10-/m0/s1. The average Bonchev–Trinajstić information content (AvgIpc) is 2.25. The van der Waals surface area contributed by atoms with Crippen LogP contribution in [0.25, 0.3) is 0 Å². The van der Waals surface area contributed by atoms with Crippen LogP contribution in [0.2, 0.25) is 0 Å². The number of rotatable bonds is 7. The highest BCUT2D eigenvalue weighted by Crippen LogP contribution is 2.21. The van der Waals surface area contributed by atoms with Crippen molar-refractivity contribution in [3.05, 3.63) is 0 Å². The van der Waals surface area contributed by atoms with E-state index in [1.807, 2.05) is 0 Å². The Morgan fingerprint density at radius 1 is 1.35 bits per heavy atom. The third-order valence-electron chi connectivity index (χ3n) is 3.00. The zero-order valence-electron chi connectivity index (χ0n) is 9.97. The summed E-state index contributed by atoms with van der Waals surface area (Å²) in [6.07, 6.45) is 5.81. The lowest BCUT2D eigenvalue weighted by Crippen LogP contribution is -2.44. The molecule has 0 spiro atoms. The molecule has 7 heteroatoms. The van der Waals surface area contributed by atoms with E-state index in [2.05, 4.69) is 14.6 Å². The van der Waals surface area contributed by atoms with Gasteiger partial charge in [0.1, 0.15) is 0 Å². The molecule has 0 aromatic rings. The summed E-state index contributed by atoms with van der Waals surface area (Å²) in [5, 5.41) is 3.32. The van der Waals surface area contributed by atoms with Crippen molar-refractivity contribution < 1.29 is 17.7 Å². The second kappa shape index (κ2) is 7.64. The van der Waals surface area contributed by atoms with Crippen LogP contribution in [0.3, 0.4) is 0 Å². The maximum atomic E-state index is 10.5. The average molecular weight is 283 g/mol. The Bertz CT molecular complexity index is 307. The van der Waals surface area contributed by atoms with Gasteiger partial charge in [-0.1, -0.05) is 12.8 Å². The molecule has 0 aromatic heterocycles. The highest BCUT2D eigenvalue weighted by atomic mass is 32.2. The van der Waals surface area contributed by atoms with Crippen LogP contribution in [0.15, 0.2) is 0 Å². The molecule has 102 valence electrons. The molecule has 0 amide bonds. The normalized spacial score (nSPS) is 26.0. The number of hydrogen-bond donors (Lipinski definition) is 2. The van der Waals surface area contributed by atoms with Crippen LogP contribution in [0, 0.1) is 0 Å². The number of hydrogen-bond acceptors (Lipinski definition) is 4. The molecular weight excluding hydrogens is 261 g/mol. The zero-order valence-corrected chi connectivity index (χ0v) is 11.9. The molecule has 2 N–H and O–H groups in total. The zero-order chi connectivity index (χ0) is 12.7. The first-order valence-electron chi connectivity index (χ1n) is 6.03. The molecule has 1 aliphatic carbocycles. The van der Waals surface area contributed by atoms with E-state index >= 15 is 0 Å². The second-order valence-electron chi connectivity index (χ2n) is 4.36. The summed E-state index contributed by atoms with van der Waals surface area (Å²) < 4.78 is 35.3. The van der Waals surface area contributed by atoms with Gasteiger partial charge in [0.05, 0.1) is 18.2 Å². The van der Waals surface area contributed by atoms with Gasteiger partial charge >= 0.3 is 0 Å². The molecule has 3 atom stereocenters. The van der Waals surface area contributed by atoms with Gasteiger partial charge in [0.25, 0.3) is 10.1 Å². The van der Waals surface area contributed by atoms with Crippen molar-refractivity contribution in [2.24, 2.45) is 0 Å². The highest BCUT2D eigenvalue weighted by molar-refractivity contribution is 7.85. The summed E-state index contributed by atoms with van der Waals surface area (Å²) in [5.74, 6) is -0.179. The lowest BCUT2D eigenvalue weighted by Gasteiger charge is -2.32. The molecule has 1 aliphatic rings. The molecule has 5 nitrogen and oxygen atoms in total. The minimum absolute atomic E-state index is 0.179. The van der Waals surface area contributed by atoms with Crippen LogP contribution in [0.5, 0.6) is 0 Å². The smallest absolute Gasteiger partial charge is 0.264 e. The minimum Gasteiger partial charge on any atom is -0.373 e. The van der Waals surface area contributed by atoms with Crippen molar-refractivity contribution in [1.29, 1.82) is 0 Å². The van der Waals surface area contributed by atoms with Gasteiger partial charge in [-0.2, -0.15) is 8.42 Å². The molecule has 1 unspecified atom stereocenters. The van der Waals surface area contributed by atoms with Crippen LogP contribution in [0.4, 0.5) is 0 Å². The predicted octanol–water partition coefficient (Wildman–Crippen LogP) is 1.01.